The summed E-state index contributed by atoms with van der Waals surface area (Å²) in [5, 5.41) is 3.04. The Morgan fingerprint density at radius 1 is 0.971 bits per heavy atom. The Bertz CT molecular complexity index is 991. The number of likely N-dealkylation sites (tertiary alicyclic amines) is 1. The molecule has 0 unspecified atom stereocenters. The summed E-state index contributed by atoms with van der Waals surface area (Å²) < 4.78 is 10.6. The monoisotopic (exact) mass is 481 g/mol. The number of rotatable bonds is 7. The molecule has 2 aromatic rings. The van der Waals surface area contributed by atoms with Gasteiger partial charge in [-0.25, -0.2) is 4.98 Å². The van der Waals surface area contributed by atoms with Gasteiger partial charge in [0.1, 0.15) is 17.3 Å². The number of nitrogens with zero attached hydrogens (tertiary/aromatic N) is 4. The lowest BCUT2D eigenvalue weighted by atomic mass is 9.95. The van der Waals surface area contributed by atoms with Gasteiger partial charge in [0.15, 0.2) is 0 Å². The summed E-state index contributed by atoms with van der Waals surface area (Å²) in [6, 6.07) is 9.23. The standard InChI is InChI=1S/C26H35N5O4/c1-29-10-12-30(13-11-29)24-5-4-19(17-27-24)18-28-25(32)20-6-8-31(9-7-20)26(33)21-14-22(34-2)16-23(15-21)35-3/h4-5,14-17,20H,6-13,18H2,1-3H3,(H,28,32). The topological polar surface area (TPSA) is 87.2 Å². The predicted octanol–water partition coefficient (Wildman–Crippen LogP) is 2.02. The van der Waals surface area contributed by atoms with Gasteiger partial charge in [0.05, 0.1) is 14.2 Å². The summed E-state index contributed by atoms with van der Waals surface area (Å²) in [6.45, 7) is 5.57. The number of nitrogens with one attached hydrogen (secondary N) is 1. The summed E-state index contributed by atoms with van der Waals surface area (Å²) in [4.78, 5) is 36.7. The second-order valence-corrected chi connectivity index (χ2v) is 9.20. The van der Waals surface area contributed by atoms with Gasteiger partial charge in [-0.1, -0.05) is 6.07 Å². The van der Waals surface area contributed by atoms with E-state index < -0.39 is 0 Å². The van der Waals surface area contributed by atoms with E-state index in [0.29, 0.717) is 49.5 Å². The van der Waals surface area contributed by atoms with Crippen LogP contribution in [0.15, 0.2) is 36.5 Å². The smallest absolute Gasteiger partial charge is 0.254 e. The Kier molecular flexibility index (Phi) is 8.07. The molecule has 2 aliphatic heterocycles. The van der Waals surface area contributed by atoms with Crippen LogP contribution in [0.2, 0.25) is 0 Å². The van der Waals surface area contributed by atoms with E-state index in [1.807, 2.05) is 18.3 Å². The molecule has 0 radical (unpaired) electrons. The number of hydrogen-bond acceptors (Lipinski definition) is 7. The molecule has 0 spiro atoms. The molecule has 0 atom stereocenters. The molecule has 9 nitrogen and oxygen atoms in total. The fourth-order valence-electron chi connectivity index (χ4n) is 4.54. The SMILES string of the molecule is COc1cc(OC)cc(C(=O)N2CCC(C(=O)NCc3ccc(N4CCN(C)CC4)nc3)CC2)c1. The van der Waals surface area contributed by atoms with Crippen LogP contribution in [0, 0.1) is 5.92 Å². The Morgan fingerprint density at radius 3 is 2.20 bits per heavy atom. The maximum absolute atomic E-state index is 13.0. The minimum atomic E-state index is -0.100. The van der Waals surface area contributed by atoms with Crippen molar-refractivity contribution in [2.24, 2.45) is 5.92 Å². The van der Waals surface area contributed by atoms with Crippen LogP contribution in [0.3, 0.4) is 0 Å². The number of piperidine rings is 1. The minimum Gasteiger partial charge on any atom is -0.497 e. The van der Waals surface area contributed by atoms with Crippen molar-refractivity contribution in [1.29, 1.82) is 0 Å². The molecule has 188 valence electrons. The zero-order valence-corrected chi connectivity index (χ0v) is 20.8. The fourth-order valence-corrected chi connectivity index (χ4v) is 4.54. The third kappa shape index (κ3) is 6.22. The molecule has 1 aromatic carbocycles. The van der Waals surface area contributed by atoms with Crippen molar-refractivity contribution in [2.45, 2.75) is 19.4 Å². The number of piperazine rings is 1. The molecule has 2 fully saturated rings. The number of carbonyl (C=O) groups is 2. The zero-order valence-electron chi connectivity index (χ0n) is 20.8. The zero-order chi connectivity index (χ0) is 24.8. The highest BCUT2D eigenvalue weighted by molar-refractivity contribution is 5.95. The molecule has 1 N–H and O–H groups in total. The molecule has 0 saturated carbocycles. The third-order valence-electron chi connectivity index (χ3n) is 6.85. The average Bonchev–Trinajstić information content (AvgIpc) is 2.91. The molecule has 1 aromatic heterocycles. The number of likely N-dealkylation sites (N-methyl/N-ethyl adjacent to an activating group) is 1. The van der Waals surface area contributed by atoms with Crippen molar-refractivity contribution in [3.05, 3.63) is 47.7 Å². The highest BCUT2D eigenvalue weighted by Gasteiger charge is 2.28. The maximum Gasteiger partial charge on any atom is 0.254 e. The van der Waals surface area contributed by atoms with Gasteiger partial charge in [0, 0.05) is 69.6 Å². The maximum atomic E-state index is 13.0. The Morgan fingerprint density at radius 2 is 1.63 bits per heavy atom. The number of carbonyl (C=O) groups excluding carboxylic acids is 2. The third-order valence-corrected chi connectivity index (χ3v) is 6.85. The lowest BCUT2D eigenvalue weighted by Crippen LogP contribution is -2.44. The molecule has 2 saturated heterocycles. The lowest BCUT2D eigenvalue weighted by molar-refractivity contribution is -0.126. The van der Waals surface area contributed by atoms with Gasteiger partial charge in [0.2, 0.25) is 5.91 Å². The average molecular weight is 482 g/mol. The summed E-state index contributed by atoms with van der Waals surface area (Å²) in [6.07, 6.45) is 3.12. The Balaban J connectivity index is 1.25. The highest BCUT2D eigenvalue weighted by atomic mass is 16.5. The number of hydrogen-bond donors (Lipinski definition) is 1. The number of aromatic nitrogens is 1. The molecule has 0 bridgehead atoms. The first kappa shape index (κ1) is 24.8. The summed E-state index contributed by atoms with van der Waals surface area (Å²) in [5.41, 5.74) is 1.51. The number of methoxy groups -OCH3 is 2. The molecule has 4 rings (SSSR count). The van der Waals surface area contributed by atoms with Crippen LogP contribution < -0.4 is 19.7 Å². The van der Waals surface area contributed by atoms with Crippen LogP contribution in [0.1, 0.15) is 28.8 Å². The van der Waals surface area contributed by atoms with E-state index in [1.54, 1.807) is 37.3 Å². The van der Waals surface area contributed by atoms with E-state index in [1.165, 1.54) is 0 Å². The Hall–Kier alpha value is -3.33. The van der Waals surface area contributed by atoms with Crippen molar-refractivity contribution in [1.82, 2.24) is 20.1 Å². The van der Waals surface area contributed by atoms with E-state index in [0.717, 1.165) is 37.6 Å². The van der Waals surface area contributed by atoms with E-state index in [4.69, 9.17) is 9.47 Å². The van der Waals surface area contributed by atoms with Crippen LogP contribution in [-0.2, 0) is 11.3 Å². The predicted molar refractivity (Wildman–Crippen MR) is 134 cm³/mol. The van der Waals surface area contributed by atoms with Crippen LogP contribution in [-0.4, -0.2) is 87.1 Å². The van der Waals surface area contributed by atoms with E-state index in [2.05, 4.69) is 27.1 Å². The largest absolute Gasteiger partial charge is 0.497 e. The molecule has 35 heavy (non-hydrogen) atoms. The molecule has 9 heteroatoms. The van der Waals surface area contributed by atoms with Gasteiger partial charge in [-0.05, 0) is 43.7 Å². The summed E-state index contributed by atoms with van der Waals surface area (Å²) in [7, 11) is 5.26. The molecular weight excluding hydrogens is 446 g/mol. The van der Waals surface area contributed by atoms with Crippen LogP contribution in [0.5, 0.6) is 11.5 Å². The minimum absolute atomic E-state index is 0.0308. The quantitative estimate of drug-likeness (QED) is 0.647. The number of pyridine rings is 1. The van der Waals surface area contributed by atoms with E-state index in [9.17, 15) is 9.59 Å². The van der Waals surface area contributed by atoms with Crippen LogP contribution in [0.25, 0.3) is 0 Å². The van der Waals surface area contributed by atoms with Gasteiger partial charge in [-0.3, -0.25) is 9.59 Å². The first-order valence-electron chi connectivity index (χ1n) is 12.2. The van der Waals surface area contributed by atoms with E-state index >= 15 is 0 Å². The van der Waals surface area contributed by atoms with Crippen LogP contribution in [0.4, 0.5) is 5.82 Å². The highest BCUT2D eigenvalue weighted by Crippen LogP contribution is 2.25. The Labute approximate surface area is 207 Å². The summed E-state index contributed by atoms with van der Waals surface area (Å²) >= 11 is 0. The van der Waals surface area contributed by atoms with E-state index in [-0.39, 0.29) is 17.7 Å². The fraction of sp³-hybridized carbons (Fsp3) is 0.500. The van der Waals surface area contributed by atoms with Gasteiger partial charge in [-0.15, -0.1) is 0 Å². The second kappa shape index (κ2) is 11.4. The van der Waals surface area contributed by atoms with Crippen molar-refractivity contribution >= 4 is 17.6 Å². The number of anilines is 1. The first-order chi connectivity index (χ1) is 17.0. The molecule has 2 aliphatic rings. The number of amides is 2. The van der Waals surface area contributed by atoms with Crippen LogP contribution >= 0.6 is 0 Å². The number of ether oxygens (including phenoxy) is 2. The molecular formula is C26H35N5O4. The van der Waals surface area contributed by atoms with Gasteiger partial charge in [-0.2, -0.15) is 0 Å². The van der Waals surface area contributed by atoms with Gasteiger partial charge in [0.25, 0.3) is 5.91 Å². The van der Waals surface area contributed by atoms with Crippen molar-refractivity contribution in [3.63, 3.8) is 0 Å². The second-order valence-electron chi connectivity index (χ2n) is 9.20. The first-order valence-corrected chi connectivity index (χ1v) is 12.2. The normalized spacial score (nSPS) is 17.2. The van der Waals surface area contributed by atoms with Crippen molar-refractivity contribution in [3.8, 4) is 11.5 Å². The van der Waals surface area contributed by atoms with Gasteiger partial charge >= 0.3 is 0 Å². The van der Waals surface area contributed by atoms with Crippen molar-refractivity contribution < 1.29 is 19.1 Å². The van der Waals surface area contributed by atoms with Crippen molar-refractivity contribution in [2.75, 3.05) is 65.4 Å². The van der Waals surface area contributed by atoms with Gasteiger partial charge < -0.3 is 29.5 Å². The molecule has 3 heterocycles. The summed E-state index contributed by atoms with van der Waals surface area (Å²) in [5.74, 6) is 1.99. The molecule has 0 aliphatic carbocycles. The molecule has 2 amide bonds. The number of benzene rings is 1. The lowest BCUT2D eigenvalue weighted by Gasteiger charge is -2.33.